The molecule has 22 heteroatoms. The van der Waals surface area contributed by atoms with Crippen LogP contribution in [0, 0.1) is 6.92 Å². The summed E-state index contributed by atoms with van der Waals surface area (Å²) in [4.78, 5) is 49.7. The maximum atomic E-state index is 14.6. The van der Waals surface area contributed by atoms with E-state index in [-0.39, 0.29) is 42.4 Å². The van der Waals surface area contributed by atoms with Crippen molar-refractivity contribution in [3.63, 3.8) is 0 Å². The third-order valence-corrected chi connectivity index (χ3v) is 10.3. The molecule has 3 aliphatic heterocycles. The zero-order valence-electron chi connectivity index (χ0n) is 27.2. The first-order valence-electron chi connectivity index (χ1n) is 15.7. The molecule has 21 nitrogen and oxygen atoms in total. The minimum Gasteiger partial charge on any atom is -0.454 e. The number of aliphatic hydroxyl groups is 2. The lowest BCUT2D eigenvalue weighted by molar-refractivity contribution is -0.0600. The van der Waals surface area contributed by atoms with E-state index in [0.29, 0.717) is 17.1 Å². The highest BCUT2D eigenvalue weighted by atomic mass is 31.2. The van der Waals surface area contributed by atoms with Gasteiger partial charge >= 0.3 is 13.4 Å². The zero-order chi connectivity index (χ0) is 36.0. The van der Waals surface area contributed by atoms with E-state index >= 15 is 0 Å². The summed E-state index contributed by atoms with van der Waals surface area (Å²) in [6, 6.07) is 5.16. The highest BCUT2D eigenvalue weighted by Crippen LogP contribution is 2.50. The first-order valence-corrected chi connectivity index (χ1v) is 17.3. The molecule has 1 unspecified atom stereocenters. The van der Waals surface area contributed by atoms with Crippen LogP contribution in [0.4, 0.5) is 5.95 Å². The number of aryl methyl sites for hydroxylation is 1. The molecule has 51 heavy (non-hydrogen) atoms. The molecule has 3 aliphatic rings. The van der Waals surface area contributed by atoms with Gasteiger partial charge in [-0.05, 0) is 13.0 Å². The second-order valence-electron chi connectivity index (χ2n) is 12.0. The Balaban J connectivity index is 1.13. The van der Waals surface area contributed by atoms with Gasteiger partial charge in [-0.2, -0.15) is 4.98 Å². The number of ether oxygens (including phenoxy) is 5. The average molecular weight is 735 g/mol. The summed E-state index contributed by atoms with van der Waals surface area (Å²) in [6.07, 6.45) is -5.16. The van der Waals surface area contributed by atoms with Crippen molar-refractivity contribution >= 4 is 24.9 Å². The van der Waals surface area contributed by atoms with Crippen LogP contribution in [-0.2, 0) is 34.4 Å². The third kappa shape index (κ3) is 6.70. The first kappa shape index (κ1) is 35.0. The van der Waals surface area contributed by atoms with Crippen molar-refractivity contribution in [2.75, 3.05) is 32.9 Å². The van der Waals surface area contributed by atoms with Crippen LogP contribution in [-0.4, -0.2) is 96.9 Å². The molecule has 0 bridgehead atoms. The van der Waals surface area contributed by atoms with Crippen LogP contribution in [0.15, 0.2) is 45.1 Å². The first-order chi connectivity index (χ1) is 24.5. The number of nitrogens with one attached hydrogen (secondary N) is 3. The van der Waals surface area contributed by atoms with Gasteiger partial charge in [0.1, 0.15) is 36.7 Å². The number of hydrogen-bond donors (Lipinski definition) is 6. The summed E-state index contributed by atoms with van der Waals surface area (Å²) >= 11 is 0. The zero-order valence-corrected chi connectivity index (χ0v) is 28.1. The van der Waals surface area contributed by atoms with E-state index < -0.39 is 80.7 Å². The van der Waals surface area contributed by atoms with Gasteiger partial charge in [-0.15, -0.1) is 0 Å². The number of aliphatic hydroxyl groups excluding tert-OH is 2. The monoisotopic (exact) mass is 734 g/mol. The van der Waals surface area contributed by atoms with Gasteiger partial charge < -0.3 is 39.6 Å². The Morgan fingerprint density at radius 3 is 2.75 bits per heavy atom. The highest BCUT2D eigenvalue weighted by molar-refractivity contribution is 7.51. The molecule has 8 atom stereocenters. The molecule has 6 heterocycles. The quantitative estimate of drug-likeness (QED) is 0.0966. The van der Waals surface area contributed by atoms with E-state index in [1.165, 1.54) is 31.1 Å². The Labute approximate surface area is 286 Å². The standard InChI is InChI=1S/C29H35N8O13P/c1-13-8-36(29(42)35-25(13)40)19-6-16(17(9-38)48-19)50-51(43,32-7-14-4-3-5-15-22(14)46-12-45-15)47-10-18-21(39)23(44-2)27(49-18)37-11-31-20-24(37)33-28(30)34-26(20)41/h3-5,8,11,16-19,21,23,27,38-39H,6-7,9-10,12H2,1-2H3,(H,32,43)(H,35,40,42)(H3,30,33,34,41)/t16-,17+,18+,19+,21+,23+,27+,51?/m0/s1. The predicted molar refractivity (Wildman–Crippen MR) is 173 cm³/mol. The Hall–Kier alpha value is -4.44. The number of anilines is 1. The smallest absolute Gasteiger partial charge is 0.406 e. The van der Waals surface area contributed by atoms with Crippen LogP contribution >= 0.6 is 7.75 Å². The number of fused-ring (bicyclic) bond motifs is 2. The number of nitrogens with zero attached hydrogens (tertiary/aromatic N) is 4. The molecule has 7 rings (SSSR count). The lowest BCUT2D eigenvalue weighted by Gasteiger charge is -2.26. The maximum absolute atomic E-state index is 14.6. The molecule has 4 aromatic rings. The van der Waals surface area contributed by atoms with Gasteiger partial charge in [-0.1, -0.05) is 12.1 Å². The van der Waals surface area contributed by atoms with Crippen LogP contribution in [0.2, 0.25) is 0 Å². The van der Waals surface area contributed by atoms with Gasteiger partial charge in [0.25, 0.3) is 11.1 Å². The molecular weight excluding hydrogens is 699 g/mol. The summed E-state index contributed by atoms with van der Waals surface area (Å²) in [6.45, 7) is 0.347. The van der Waals surface area contributed by atoms with Gasteiger partial charge in [0.15, 0.2) is 28.9 Å². The molecule has 3 aromatic heterocycles. The minimum atomic E-state index is -4.40. The third-order valence-electron chi connectivity index (χ3n) is 8.75. The van der Waals surface area contributed by atoms with Gasteiger partial charge in [-0.3, -0.25) is 37.7 Å². The van der Waals surface area contributed by atoms with Crippen molar-refractivity contribution < 1.29 is 47.5 Å². The topological polar surface area (TPSA) is 279 Å². The Morgan fingerprint density at radius 2 is 1.96 bits per heavy atom. The lowest BCUT2D eigenvalue weighted by atomic mass is 10.1. The average Bonchev–Trinajstić information content (AvgIpc) is 3.90. The number of aromatic nitrogens is 6. The molecule has 7 N–H and O–H groups in total. The van der Waals surface area contributed by atoms with Crippen molar-refractivity contribution in [3.8, 4) is 11.5 Å². The second-order valence-corrected chi connectivity index (χ2v) is 13.8. The molecule has 0 radical (unpaired) electrons. The van der Waals surface area contributed by atoms with Crippen LogP contribution in [0.25, 0.3) is 11.2 Å². The SMILES string of the molecule is CO[C@@H]1[C@H](O)[C@@H](COP(=O)(NCc2cccc3c2OCO3)O[C@H]2C[C@H](n3cc(C)c(=O)[nH]c3=O)O[C@@H]2CO)O[C@H]1n1cnc2c(=O)[nH]c(N)nc21. The number of rotatable bonds is 12. The van der Waals surface area contributed by atoms with E-state index in [2.05, 4.69) is 25.0 Å². The van der Waals surface area contributed by atoms with Gasteiger partial charge in [-0.25, -0.2) is 19.4 Å². The van der Waals surface area contributed by atoms with E-state index in [9.17, 15) is 29.2 Å². The predicted octanol–water partition coefficient (Wildman–Crippen LogP) is -0.858. The molecule has 0 aliphatic carbocycles. The minimum absolute atomic E-state index is 0.00101. The molecule has 2 fully saturated rings. The molecular formula is C29H35N8O13P. The van der Waals surface area contributed by atoms with Crippen molar-refractivity contribution in [2.24, 2.45) is 0 Å². The Morgan fingerprint density at radius 1 is 1.14 bits per heavy atom. The number of aromatic amines is 2. The van der Waals surface area contributed by atoms with E-state index in [4.69, 9.17) is 38.5 Å². The summed E-state index contributed by atoms with van der Waals surface area (Å²) in [5.74, 6) is 0.763. The number of nitrogens with two attached hydrogens (primary N) is 1. The molecule has 1 aromatic carbocycles. The van der Waals surface area contributed by atoms with Crippen LogP contribution in [0.1, 0.15) is 30.0 Å². The Kier molecular flexibility index (Phi) is 9.56. The van der Waals surface area contributed by atoms with Gasteiger partial charge in [0, 0.05) is 37.4 Å². The summed E-state index contributed by atoms with van der Waals surface area (Å²) in [7, 11) is -3.06. The van der Waals surface area contributed by atoms with Crippen LogP contribution in [0.5, 0.6) is 11.5 Å². The fourth-order valence-corrected chi connectivity index (χ4v) is 7.70. The normalized spacial score (nSPS) is 26.9. The van der Waals surface area contributed by atoms with Crippen LogP contribution in [0.3, 0.4) is 0 Å². The molecule has 0 saturated carbocycles. The number of nitrogen functional groups attached to an aromatic ring is 1. The number of methoxy groups -OCH3 is 1. The second kappa shape index (κ2) is 13.9. The number of H-pyrrole nitrogens is 2. The van der Waals surface area contributed by atoms with Crippen molar-refractivity contribution in [1.29, 1.82) is 0 Å². The largest absolute Gasteiger partial charge is 0.454 e. The molecule has 274 valence electrons. The van der Waals surface area contributed by atoms with Crippen molar-refractivity contribution in [1.82, 2.24) is 34.2 Å². The number of benzene rings is 1. The molecule has 0 amide bonds. The summed E-state index contributed by atoms with van der Waals surface area (Å²) in [5.41, 5.74) is 4.75. The highest BCUT2D eigenvalue weighted by Gasteiger charge is 2.48. The number of para-hydroxylation sites is 1. The van der Waals surface area contributed by atoms with E-state index in [0.717, 1.165) is 4.57 Å². The number of imidazole rings is 1. The fourth-order valence-electron chi connectivity index (χ4n) is 6.19. The summed E-state index contributed by atoms with van der Waals surface area (Å²) in [5, 5.41) is 24.2. The van der Waals surface area contributed by atoms with Gasteiger partial charge in [0.05, 0.1) is 19.5 Å². The lowest BCUT2D eigenvalue weighted by Crippen LogP contribution is -2.36. The van der Waals surface area contributed by atoms with Crippen LogP contribution < -0.4 is 37.1 Å². The maximum Gasteiger partial charge on any atom is 0.406 e. The Bertz CT molecular complexity index is 2150. The van der Waals surface area contributed by atoms with Gasteiger partial charge in [0.2, 0.25) is 12.7 Å². The molecule has 0 spiro atoms. The van der Waals surface area contributed by atoms with E-state index in [1.807, 2.05) is 0 Å². The van der Waals surface area contributed by atoms with Crippen molar-refractivity contribution in [3.05, 3.63) is 73.0 Å². The fraction of sp³-hybridized carbons (Fsp3) is 0.483. The molecule has 2 saturated heterocycles. The van der Waals surface area contributed by atoms with Crippen molar-refractivity contribution in [2.45, 2.75) is 62.9 Å². The summed E-state index contributed by atoms with van der Waals surface area (Å²) < 4.78 is 57.6. The van der Waals surface area contributed by atoms with E-state index in [1.54, 1.807) is 18.2 Å². The number of hydrogen-bond acceptors (Lipinski definition) is 16.